The Morgan fingerprint density at radius 3 is 2.76 bits per heavy atom. The van der Waals surface area contributed by atoms with Gasteiger partial charge in [0.25, 0.3) is 11.6 Å². The van der Waals surface area contributed by atoms with Crippen molar-refractivity contribution in [2.75, 3.05) is 5.73 Å². The third-order valence-corrected chi connectivity index (χ3v) is 3.75. The van der Waals surface area contributed by atoms with Crippen molar-refractivity contribution in [1.82, 2.24) is 15.1 Å². The number of nitrogen functional groups attached to an aromatic ring is 1. The van der Waals surface area contributed by atoms with Crippen LogP contribution in [-0.4, -0.2) is 20.0 Å². The van der Waals surface area contributed by atoms with Crippen LogP contribution in [0.4, 0.5) is 10.8 Å². The third-order valence-electron chi connectivity index (χ3n) is 2.78. The molecule has 0 fully saturated rings. The van der Waals surface area contributed by atoms with E-state index in [1.54, 1.807) is 25.1 Å². The predicted octanol–water partition coefficient (Wildman–Crippen LogP) is 2.66. The summed E-state index contributed by atoms with van der Waals surface area (Å²) in [5.41, 5.74) is 6.52. The summed E-state index contributed by atoms with van der Waals surface area (Å²) < 4.78 is 5.17. The number of anilines is 1. The second-order valence-corrected chi connectivity index (χ2v) is 5.19. The maximum absolute atomic E-state index is 11.0. The molecule has 0 saturated carbocycles. The summed E-state index contributed by atoms with van der Waals surface area (Å²) in [4.78, 5) is 19.5. The van der Waals surface area contributed by atoms with E-state index in [0.29, 0.717) is 21.3 Å². The number of nitro benzene ring substituents is 1. The van der Waals surface area contributed by atoms with E-state index in [1.165, 1.54) is 17.4 Å². The standard InChI is InChI=1S/C12H9N5O3S/c1-6-9(21-12(13)14-6)11-15-10(16-20-11)7-4-2-3-5-8(7)17(18)19/h2-5H,1H3,(H2,13,14). The third kappa shape index (κ3) is 2.34. The molecular formula is C12H9N5O3S. The first kappa shape index (κ1) is 13.2. The lowest BCUT2D eigenvalue weighted by molar-refractivity contribution is -0.384. The summed E-state index contributed by atoms with van der Waals surface area (Å²) in [5.74, 6) is 0.401. The Bertz CT molecular complexity index is 826. The van der Waals surface area contributed by atoms with Crippen LogP contribution in [0.3, 0.4) is 0 Å². The molecule has 9 heteroatoms. The largest absolute Gasteiger partial charge is 0.375 e. The Balaban J connectivity index is 2.07. The molecule has 0 radical (unpaired) electrons. The minimum atomic E-state index is -0.485. The number of hydrogen-bond donors (Lipinski definition) is 1. The molecular weight excluding hydrogens is 294 g/mol. The Labute approximate surface area is 122 Å². The fourth-order valence-corrected chi connectivity index (χ4v) is 2.62. The van der Waals surface area contributed by atoms with Crippen LogP contribution in [0.5, 0.6) is 0 Å². The molecule has 0 unspecified atom stereocenters. The van der Waals surface area contributed by atoms with Gasteiger partial charge in [-0.15, -0.1) is 0 Å². The molecule has 0 spiro atoms. The van der Waals surface area contributed by atoms with Crippen LogP contribution in [0.25, 0.3) is 22.2 Å². The molecule has 0 amide bonds. The molecule has 106 valence electrons. The summed E-state index contributed by atoms with van der Waals surface area (Å²) in [6.07, 6.45) is 0. The van der Waals surface area contributed by atoms with Gasteiger partial charge in [0.1, 0.15) is 10.4 Å². The second-order valence-electron chi connectivity index (χ2n) is 4.16. The molecule has 0 atom stereocenters. The van der Waals surface area contributed by atoms with E-state index < -0.39 is 4.92 Å². The molecule has 0 aliphatic heterocycles. The number of benzene rings is 1. The van der Waals surface area contributed by atoms with E-state index in [2.05, 4.69) is 15.1 Å². The maximum Gasteiger partial charge on any atom is 0.280 e. The number of hydrogen-bond acceptors (Lipinski definition) is 8. The number of nitrogens with zero attached hydrogens (tertiary/aromatic N) is 4. The highest BCUT2D eigenvalue weighted by atomic mass is 32.1. The van der Waals surface area contributed by atoms with Crippen LogP contribution in [0.2, 0.25) is 0 Å². The molecule has 0 bridgehead atoms. The van der Waals surface area contributed by atoms with Crippen molar-refractivity contribution in [3.8, 4) is 22.2 Å². The second kappa shape index (κ2) is 4.94. The molecule has 1 aromatic carbocycles. The van der Waals surface area contributed by atoms with Crippen LogP contribution in [-0.2, 0) is 0 Å². The van der Waals surface area contributed by atoms with Gasteiger partial charge >= 0.3 is 0 Å². The highest BCUT2D eigenvalue weighted by Crippen LogP contribution is 2.33. The maximum atomic E-state index is 11.0. The SMILES string of the molecule is Cc1nc(N)sc1-c1nc(-c2ccccc2[N+](=O)[O-])no1. The van der Waals surface area contributed by atoms with Crippen LogP contribution in [0.15, 0.2) is 28.8 Å². The first-order chi connectivity index (χ1) is 10.1. The number of nitrogens with two attached hydrogens (primary N) is 1. The zero-order valence-electron chi connectivity index (χ0n) is 10.8. The van der Waals surface area contributed by atoms with Gasteiger partial charge in [0.05, 0.1) is 10.6 Å². The zero-order chi connectivity index (χ0) is 15.0. The highest BCUT2D eigenvalue weighted by molar-refractivity contribution is 7.18. The molecule has 2 heterocycles. The molecule has 3 aromatic rings. The first-order valence-corrected chi connectivity index (χ1v) is 6.68. The van der Waals surface area contributed by atoms with E-state index in [-0.39, 0.29) is 17.4 Å². The van der Waals surface area contributed by atoms with E-state index in [4.69, 9.17) is 10.3 Å². The van der Waals surface area contributed by atoms with Crippen molar-refractivity contribution in [2.24, 2.45) is 0 Å². The summed E-state index contributed by atoms with van der Waals surface area (Å²) >= 11 is 1.22. The number of para-hydroxylation sites is 1. The van der Waals surface area contributed by atoms with Gasteiger partial charge in [0, 0.05) is 6.07 Å². The quantitative estimate of drug-likeness (QED) is 0.583. The smallest absolute Gasteiger partial charge is 0.280 e. The topological polar surface area (TPSA) is 121 Å². The lowest BCUT2D eigenvalue weighted by Crippen LogP contribution is -1.92. The Hall–Kier alpha value is -2.81. The van der Waals surface area contributed by atoms with Gasteiger partial charge in [-0.2, -0.15) is 4.98 Å². The molecule has 21 heavy (non-hydrogen) atoms. The van der Waals surface area contributed by atoms with Gasteiger partial charge in [-0.3, -0.25) is 10.1 Å². The molecule has 0 aliphatic carbocycles. The first-order valence-electron chi connectivity index (χ1n) is 5.87. The van der Waals surface area contributed by atoms with Gasteiger partial charge in [-0.05, 0) is 13.0 Å². The zero-order valence-corrected chi connectivity index (χ0v) is 11.6. The van der Waals surface area contributed by atoms with Gasteiger partial charge < -0.3 is 10.3 Å². The monoisotopic (exact) mass is 303 g/mol. The number of aryl methyl sites for hydroxylation is 1. The minimum absolute atomic E-state index is 0.0783. The number of thiazole rings is 1. The number of rotatable bonds is 3. The van der Waals surface area contributed by atoms with Crippen molar-refractivity contribution < 1.29 is 9.45 Å². The van der Waals surface area contributed by atoms with Gasteiger partial charge in [0.2, 0.25) is 5.82 Å². The summed E-state index contributed by atoms with van der Waals surface area (Å²) in [6, 6.07) is 6.22. The van der Waals surface area contributed by atoms with Crippen LogP contribution in [0.1, 0.15) is 5.69 Å². The normalized spacial score (nSPS) is 10.7. The minimum Gasteiger partial charge on any atom is -0.375 e. The highest BCUT2D eigenvalue weighted by Gasteiger charge is 2.21. The van der Waals surface area contributed by atoms with E-state index >= 15 is 0 Å². The van der Waals surface area contributed by atoms with Crippen LogP contribution < -0.4 is 5.73 Å². The van der Waals surface area contributed by atoms with Crippen molar-refractivity contribution >= 4 is 22.2 Å². The van der Waals surface area contributed by atoms with Crippen molar-refractivity contribution in [3.63, 3.8) is 0 Å². The van der Waals surface area contributed by atoms with Gasteiger partial charge in [-0.25, -0.2) is 4.98 Å². The van der Waals surface area contributed by atoms with E-state index in [1.807, 2.05) is 0 Å². The Kier molecular flexibility index (Phi) is 3.10. The predicted molar refractivity (Wildman–Crippen MR) is 76.6 cm³/mol. The molecule has 2 N–H and O–H groups in total. The fraction of sp³-hybridized carbons (Fsp3) is 0.0833. The van der Waals surface area contributed by atoms with Gasteiger partial charge in [-0.1, -0.05) is 28.6 Å². The number of aromatic nitrogens is 3. The fourth-order valence-electron chi connectivity index (χ4n) is 1.86. The van der Waals surface area contributed by atoms with Crippen molar-refractivity contribution in [1.29, 1.82) is 0 Å². The van der Waals surface area contributed by atoms with E-state index in [0.717, 1.165) is 0 Å². The average Bonchev–Trinajstić information content (AvgIpc) is 3.05. The summed E-state index contributed by atoms with van der Waals surface area (Å²) in [5, 5.41) is 15.2. The summed E-state index contributed by atoms with van der Waals surface area (Å²) in [7, 11) is 0. The molecule has 2 aromatic heterocycles. The van der Waals surface area contributed by atoms with Gasteiger partial charge in [0.15, 0.2) is 5.13 Å². The molecule has 0 aliphatic rings. The molecule has 0 saturated heterocycles. The Morgan fingerprint density at radius 1 is 1.33 bits per heavy atom. The average molecular weight is 303 g/mol. The molecule has 8 nitrogen and oxygen atoms in total. The van der Waals surface area contributed by atoms with Crippen molar-refractivity contribution in [2.45, 2.75) is 6.92 Å². The molecule has 3 rings (SSSR count). The van der Waals surface area contributed by atoms with Crippen molar-refractivity contribution in [3.05, 3.63) is 40.1 Å². The lowest BCUT2D eigenvalue weighted by atomic mass is 10.2. The van der Waals surface area contributed by atoms with Crippen LogP contribution in [0, 0.1) is 17.0 Å². The number of nitro groups is 1. The van der Waals surface area contributed by atoms with Crippen LogP contribution >= 0.6 is 11.3 Å². The lowest BCUT2D eigenvalue weighted by Gasteiger charge is -1.96. The Morgan fingerprint density at radius 2 is 2.10 bits per heavy atom. The summed E-state index contributed by atoms with van der Waals surface area (Å²) in [6.45, 7) is 1.77. The van der Waals surface area contributed by atoms with E-state index in [9.17, 15) is 10.1 Å².